The van der Waals surface area contributed by atoms with E-state index in [1.807, 2.05) is 19.1 Å². The molecule has 0 radical (unpaired) electrons. The molecule has 134 valence electrons. The zero-order valence-electron chi connectivity index (χ0n) is 14.1. The van der Waals surface area contributed by atoms with E-state index in [4.69, 9.17) is 16.3 Å². The molecule has 7 nitrogen and oxygen atoms in total. The predicted octanol–water partition coefficient (Wildman–Crippen LogP) is 3.00. The van der Waals surface area contributed by atoms with E-state index in [-0.39, 0.29) is 16.6 Å². The van der Waals surface area contributed by atoms with E-state index in [1.54, 1.807) is 24.3 Å². The number of carbonyl (C=O) groups excluding carboxylic acids is 2. The average molecular weight is 373 g/mol. The van der Waals surface area contributed by atoms with Gasteiger partial charge in [0, 0.05) is 24.6 Å². The maximum absolute atomic E-state index is 12.4. The van der Waals surface area contributed by atoms with Crippen molar-refractivity contribution in [3.05, 3.63) is 52.7 Å². The van der Waals surface area contributed by atoms with Crippen molar-refractivity contribution in [3.8, 4) is 5.88 Å². The molecule has 0 saturated heterocycles. The molecular formula is C18H17ClN4O3. The Morgan fingerprint density at radius 1 is 1.23 bits per heavy atom. The molecule has 2 aromatic rings. The molecule has 0 unspecified atom stereocenters. The lowest BCUT2D eigenvalue weighted by Gasteiger charge is -2.13. The normalized spacial score (nSPS) is 13.6. The molecule has 2 heterocycles. The van der Waals surface area contributed by atoms with Gasteiger partial charge in [-0.3, -0.25) is 9.59 Å². The van der Waals surface area contributed by atoms with Crippen molar-refractivity contribution < 1.29 is 14.3 Å². The lowest BCUT2D eigenvalue weighted by Crippen LogP contribution is -2.25. The zero-order valence-corrected chi connectivity index (χ0v) is 14.8. The molecular weight excluding hydrogens is 356 g/mol. The van der Waals surface area contributed by atoms with E-state index in [2.05, 4.69) is 20.8 Å². The summed E-state index contributed by atoms with van der Waals surface area (Å²) in [7, 11) is 0. The Hall–Kier alpha value is -2.93. The van der Waals surface area contributed by atoms with Crippen molar-refractivity contribution in [3.63, 3.8) is 0 Å². The van der Waals surface area contributed by atoms with Crippen molar-refractivity contribution in [1.82, 2.24) is 10.4 Å². The number of pyridine rings is 1. The number of nitrogens with one attached hydrogen (secondary N) is 2. The first-order valence-electron chi connectivity index (χ1n) is 8.13. The second kappa shape index (κ2) is 7.97. The van der Waals surface area contributed by atoms with Crippen molar-refractivity contribution in [2.45, 2.75) is 19.8 Å². The lowest BCUT2D eigenvalue weighted by atomic mass is 10.0. The molecule has 0 atom stereocenters. The van der Waals surface area contributed by atoms with Crippen LogP contribution >= 0.6 is 11.6 Å². The number of hydrazone groups is 1. The van der Waals surface area contributed by atoms with Crippen LogP contribution in [0.2, 0.25) is 5.02 Å². The molecule has 0 aliphatic carbocycles. The summed E-state index contributed by atoms with van der Waals surface area (Å²) in [5.41, 5.74) is 4.85. The van der Waals surface area contributed by atoms with E-state index in [1.165, 1.54) is 0 Å². The van der Waals surface area contributed by atoms with E-state index in [9.17, 15) is 9.59 Å². The Kier molecular flexibility index (Phi) is 5.48. The first kappa shape index (κ1) is 17.9. The fraction of sp³-hybridized carbons (Fsp3) is 0.222. The second-order valence-electron chi connectivity index (χ2n) is 5.54. The fourth-order valence-electron chi connectivity index (χ4n) is 2.43. The van der Waals surface area contributed by atoms with E-state index >= 15 is 0 Å². The molecule has 1 aliphatic rings. The monoisotopic (exact) mass is 372 g/mol. The fourth-order valence-corrected chi connectivity index (χ4v) is 2.62. The maximum atomic E-state index is 12.4. The summed E-state index contributed by atoms with van der Waals surface area (Å²) < 4.78 is 5.30. The van der Waals surface area contributed by atoms with Crippen molar-refractivity contribution in [2.24, 2.45) is 5.10 Å². The highest BCUT2D eigenvalue weighted by molar-refractivity contribution is 6.34. The molecule has 0 saturated carbocycles. The molecule has 2 amide bonds. The number of anilines is 1. The smallest absolute Gasteiger partial charge is 0.275 e. The first-order chi connectivity index (χ1) is 12.6. The van der Waals surface area contributed by atoms with Gasteiger partial charge in [0.1, 0.15) is 0 Å². The lowest BCUT2D eigenvalue weighted by molar-refractivity contribution is -0.121. The third kappa shape index (κ3) is 4.18. The van der Waals surface area contributed by atoms with Gasteiger partial charge in [-0.25, -0.2) is 10.4 Å². The van der Waals surface area contributed by atoms with E-state index in [0.29, 0.717) is 31.0 Å². The number of benzene rings is 1. The number of hydrogen-bond donors (Lipinski definition) is 2. The molecule has 1 aliphatic heterocycles. The number of hydrogen-bond acceptors (Lipinski definition) is 5. The maximum Gasteiger partial charge on any atom is 0.275 e. The number of aromatic nitrogens is 1. The van der Waals surface area contributed by atoms with Crippen LogP contribution in [0.25, 0.3) is 0 Å². The van der Waals surface area contributed by atoms with Crippen molar-refractivity contribution in [1.29, 1.82) is 0 Å². The molecule has 1 aromatic heterocycles. The molecule has 1 aromatic carbocycles. The highest BCUT2D eigenvalue weighted by Crippen LogP contribution is 2.20. The highest BCUT2D eigenvalue weighted by atomic mass is 35.5. The number of nitrogens with zero attached hydrogens (tertiary/aromatic N) is 2. The molecule has 26 heavy (non-hydrogen) atoms. The van der Waals surface area contributed by atoms with Crippen LogP contribution in [-0.4, -0.2) is 29.1 Å². The summed E-state index contributed by atoms with van der Waals surface area (Å²) in [6.07, 6.45) is 0.999. The molecule has 3 rings (SSSR count). The molecule has 0 spiro atoms. The zero-order chi connectivity index (χ0) is 18.5. The summed E-state index contributed by atoms with van der Waals surface area (Å²) in [5, 5.41) is 7.05. The summed E-state index contributed by atoms with van der Waals surface area (Å²) in [4.78, 5) is 27.7. The van der Waals surface area contributed by atoms with Gasteiger partial charge in [-0.2, -0.15) is 5.10 Å². The quantitative estimate of drug-likeness (QED) is 0.843. The van der Waals surface area contributed by atoms with Crippen molar-refractivity contribution >= 4 is 34.8 Å². The van der Waals surface area contributed by atoms with Crippen LogP contribution in [0.15, 0.2) is 41.5 Å². The third-order valence-corrected chi connectivity index (χ3v) is 4.01. The van der Waals surface area contributed by atoms with Crippen LogP contribution in [0.5, 0.6) is 5.88 Å². The number of ether oxygens (including phenoxy) is 1. The molecule has 0 fully saturated rings. The van der Waals surface area contributed by atoms with Gasteiger partial charge in [-0.15, -0.1) is 0 Å². The standard InChI is InChI=1S/C18H17ClN4O3/c1-2-26-16-10-7-13(19)17(21-16)18(25)20-12-5-3-11(4-6-12)14-8-9-15(24)23-22-14/h3-7,10H,2,8-9H2,1H3,(H,20,25)(H,23,24). The Bertz CT molecular complexity index is 865. The topological polar surface area (TPSA) is 92.7 Å². The minimum absolute atomic E-state index is 0.0868. The van der Waals surface area contributed by atoms with Crippen LogP contribution < -0.4 is 15.5 Å². The van der Waals surface area contributed by atoms with Gasteiger partial charge in [0.15, 0.2) is 5.69 Å². The summed E-state index contributed by atoms with van der Waals surface area (Å²) in [6, 6.07) is 10.4. The minimum atomic E-state index is -0.424. The third-order valence-electron chi connectivity index (χ3n) is 3.71. The summed E-state index contributed by atoms with van der Waals surface area (Å²) in [6.45, 7) is 2.28. The van der Waals surface area contributed by atoms with Crippen LogP contribution in [0.4, 0.5) is 5.69 Å². The van der Waals surface area contributed by atoms with E-state index < -0.39 is 5.91 Å². The number of amides is 2. The summed E-state index contributed by atoms with van der Waals surface area (Å²) in [5.74, 6) is -0.169. The van der Waals surface area contributed by atoms with Gasteiger partial charge in [-0.1, -0.05) is 23.7 Å². The first-order valence-corrected chi connectivity index (χ1v) is 8.51. The Morgan fingerprint density at radius 3 is 2.65 bits per heavy atom. The Labute approximate surface area is 155 Å². The minimum Gasteiger partial charge on any atom is -0.478 e. The van der Waals surface area contributed by atoms with Gasteiger partial charge in [0.25, 0.3) is 5.91 Å². The highest BCUT2D eigenvalue weighted by Gasteiger charge is 2.16. The van der Waals surface area contributed by atoms with E-state index in [0.717, 1.165) is 11.3 Å². The van der Waals surface area contributed by atoms with Crippen molar-refractivity contribution in [2.75, 3.05) is 11.9 Å². The number of halogens is 1. The predicted molar refractivity (Wildman–Crippen MR) is 98.7 cm³/mol. The van der Waals surface area contributed by atoms with Crippen LogP contribution in [0.3, 0.4) is 0 Å². The van der Waals surface area contributed by atoms with Crippen LogP contribution in [-0.2, 0) is 4.79 Å². The number of rotatable bonds is 5. The van der Waals surface area contributed by atoms with Crippen LogP contribution in [0.1, 0.15) is 35.8 Å². The average Bonchev–Trinajstić information content (AvgIpc) is 2.65. The van der Waals surface area contributed by atoms with Crippen LogP contribution in [0, 0.1) is 0 Å². The molecule has 8 heteroatoms. The van der Waals surface area contributed by atoms with Gasteiger partial charge in [0.2, 0.25) is 11.8 Å². The SMILES string of the molecule is CCOc1ccc(Cl)c(C(=O)Nc2ccc(C3=NNC(=O)CC3)cc2)n1. The second-order valence-corrected chi connectivity index (χ2v) is 5.95. The molecule has 0 bridgehead atoms. The Morgan fingerprint density at radius 2 is 2.00 bits per heavy atom. The van der Waals surface area contributed by atoms with Gasteiger partial charge in [0.05, 0.1) is 17.3 Å². The number of carbonyl (C=O) groups is 2. The molecule has 2 N–H and O–H groups in total. The largest absolute Gasteiger partial charge is 0.478 e. The Balaban J connectivity index is 1.72. The van der Waals surface area contributed by atoms with Gasteiger partial charge in [-0.05, 0) is 30.7 Å². The van der Waals surface area contributed by atoms with Gasteiger partial charge < -0.3 is 10.1 Å². The van der Waals surface area contributed by atoms with Gasteiger partial charge >= 0.3 is 0 Å². The summed E-state index contributed by atoms with van der Waals surface area (Å²) >= 11 is 6.07.